The van der Waals surface area contributed by atoms with Gasteiger partial charge in [0.25, 0.3) is 0 Å². The number of carbonyl (C=O) groups excluding carboxylic acids is 3. The number of cyclic esters (lactones) is 1. The summed E-state index contributed by atoms with van der Waals surface area (Å²) in [7, 11) is 0. The molecule has 2 fully saturated rings. The molecule has 2 aliphatic heterocycles. The Morgan fingerprint density at radius 1 is 1.11 bits per heavy atom. The summed E-state index contributed by atoms with van der Waals surface area (Å²) in [6.45, 7) is 4.00. The van der Waals surface area contributed by atoms with E-state index in [1.807, 2.05) is 35.2 Å². The number of nitrogens with zero attached hydrogens (tertiary/aromatic N) is 2. The van der Waals surface area contributed by atoms with Crippen molar-refractivity contribution < 1.29 is 28.2 Å². The second kappa shape index (κ2) is 11.9. The molecular formula is C26H31FN4O5. The minimum atomic E-state index is -0.567. The van der Waals surface area contributed by atoms with Gasteiger partial charge >= 0.3 is 6.09 Å². The minimum Gasteiger partial charge on any atom is -0.442 e. The molecule has 36 heavy (non-hydrogen) atoms. The third kappa shape index (κ3) is 6.72. The van der Waals surface area contributed by atoms with E-state index in [1.165, 1.54) is 17.9 Å². The lowest BCUT2D eigenvalue weighted by Gasteiger charge is -2.21. The average Bonchev–Trinajstić information content (AvgIpc) is 3.48. The van der Waals surface area contributed by atoms with E-state index >= 15 is 0 Å². The lowest BCUT2D eigenvalue weighted by Crippen LogP contribution is -2.33. The molecule has 10 heteroatoms. The van der Waals surface area contributed by atoms with E-state index in [0.717, 1.165) is 12.0 Å². The second-order valence-corrected chi connectivity index (χ2v) is 9.07. The van der Waals surface area contributed by atoms with Crippen LogP contribution in [0.25, 0.3) is 0 Å². The van der Waals surface area contributed by atoms with Crippen LogP contribution in [0.5, 0.6) is 0 Å². The van der Waals surface area contributed by atoms with Gasteiger partial charge in [-0.1, -0.05) is 30.3 Å². The summed E-state index contributed by atoms with van der Waals surface area (Å²) in [5, 5.41) is 5.52. The fraction of sp³-hybridized carbons (Fsp3) is 0.423. The summed E-state index contributed by atoms with van der Waals surface area (Å²) in [6.07, 6.45) is -0.222. The van der Waals surface area contributed by atoms with Crippen molar-refractivity contribution in [3.8, 4) is 0 Å². The predicted molar refractivity (Wildman–Crippen MR) is 132 cm³/mol. The molecule has 0 aromatic heterocycles. The highest BCUT2D eigenvalue weighted by molar-refractivity contribution is 5.90. The quantitative estimate of drug-likeness (QED) is 0.522. The van der Waals surface area contributed by atoms with Crippen LogP contribution in [0.4, 0.5) is 20.6 Å². The number of hydrogen-bond donors (Lipinski definition) is 2. The van der Waals surface area contributed by atoms with Gasteiger partial charge in [-0.2, -0.15) is 0 Å². The number of amides is 3. The molecule has 0 spiro atoms. The second-order valence-electron chi connectivity index (χ2n) is 9.07. The summed E-state index contributed by atoms with van der Waals surface area (Å²) < 4.78 is 25.7. The number of halogens is 1. The van der Waals surface area contributed by atoms with Crippen molar-refractivity contribution in [2.45, 2.75) is 26.1 Å². The van der Waals surface area contributed by atoms with Gasteiger partial charge in [0.15, 0.2) is 0 Å². The van der Waals surface area contributed by atoms with Crippen LogP contribution in [-0.2, 0) is 25.7 Å². The molecule has 2 aromatic carbocycles. The van der Waals surface area contributed by atoms with Crippen LogP contribution in [0.1, 0.15) is 18.9 Å². The van der Waals surface area contributed by atoms with Gasteiger partial charge in [0.2, 0.25) is 11.8 Å². The van der Waals surface area contributed by atoms with Gasteiger partial charge in [-0.05, 0) is 36.1 Å². The van der Waals surface area contributed by atoms with Crippen molar-refractivity contribution >= 4 is 29.3 Å². The molecule has 3 amide bonds. The molecule has 0 aliphatic carbocycles. The van der Waals surface area contributed by atoms with Crippen molar-refractivity contribution in [3.05, 3.63) is 59.9 Å². The van der Waals surface area contributed by atoms with Gasteiger partial charge < -0.3 is 25.0 Å². The zero-order chi connectivity index (χ0) is 25.5. The van der Waals surface area contributed by atoms with Crippen molar-refractivity contribution in [1.29, 1.82) is 0 Å². The van der Waals surface area contributed by atoms with Crippen LogP contribution in [0.15, 0.2) is 48.5 Å². The Labute approximate surface area is 209 Å². The fourth-order valence-corrected chi connectivity index (χ4v) is 4.38. The van der Waals surface area contributed by atoms with E-state index in [9.17, 15) is 18.8 Å². The van der Waals surface area contributed by atoms with Gasteiger partial charge in [0, 0.05) is 26.6 Å². The molecule has 2 N–H and O–H groups in total. The van der Waals surface area contributed by atoms with Crippen LogP contribution in [-0.4, -0.2) is 63.3 Å². The number of hydrogen-bond acceptors (Lipinski definition) is 6. The summed E-state index contributed by atoms with van der Waals surface area (Å²) in [5.74, 6) is -0.608. The van der Waals surface area contributed by atoms with E-state index in [4.69, 9.17) is 9.47 Å². The van der Waals surface area contributed by atoms with Crippen LogP contribution < -0.4 is 20.4 Å². The zero-order valence-corrected chi connectivity index (χ0v) is 20.2. The van der Waals surface area contributed by atoms with Crippen molar-refractivity contribution in [2.24, 2.45) is 5.92 Å². The van der Waals surface area contributed by atoms with Crippen molar-refractivity contribution in [1.82, 2.24) is 10.6 Å². The first kappa shape index (κ1) is 25.4. The zero-order valence-electron chi connectivity index (χ0n) is 20.2. The Morgan fingerprint density at radius 2 is 1.92 bits per heavy atom. The molecule has 4 rings (SSSR count). The van der Waals surface area contributed by atoms with Crippen molar-refractivity contribution in [3.63, 3.8) is 0 Å². The number of nitrogens with one attached hydrogen (secondary N) is 2. The topological polar surface area (TPSA) is 100 Å². The first-order valence-corrected chi connectivity index (χ1v) is 12.0. The maximum Gasteiger partial charge on any atom is 0.414 e. The number of ether oxygens (including phenoxy) is 2. The Bertz CT molecular complexity index is 1080. The van der Waals surface area contributed by atoms with E-state index in [1.54, 1.807) is 12.1 Å². The third-order valence-electron chi connectivity index (χ3n) is 6.25. The minimum absolute atomic E-state index is 0.00791. The fourth-order valence-electron chi connectivity index (χ4n) is 4.38. The lowest BCUT2D eigenvalue weighted by molar-refractivity contribution is -0.126. The van der Waals surface area contributed by atoms with Gasteiger partial charge in [-0.15, -0.1) is 0 Å². The van der Waals surface area contributed by atoms with E-state index in [-0.39, 0.29) is 37.4 Å². The molecule has 0 bridgehead atoms. The summed E-state index contributed by atoms with van der Waals surface area (Å²) in [6, 6.07) is 14.3. The van der Waals surface area contributed by atoms with Gasteiger partial charge in [-0.25, -0.2) is 9.18 Å². The Hall–Kier alpha value is -3.66. The lowest BCUT2D eigenvalue weighted by atomic mass is 10.1. The van der Waals surface area contributed by atoms with E-state index in [0.29, 0.717) is 37.6 Å². The molecule has 192 valence electrons. The first-order chi connectivity index (χ1) is 17.4. The monoisotopic (exact) mass is 498 g/mol. The highest BCUT2D eigenvalue weighted by Crippen LogP contribution is 2.30. The molecule has 1 unspecified atom stereocenters. The Kier molecular flexibility index (Phi) is 8.37. The largest absolute Gasteiger partial charge is 0.442 e. The Morgan fingerprint density at radius 3 is 2.67 bits per heavy atom. The molecular weight excluding hydrogens is 467 g/mol. The molecule has 2 aliphatic rings. The average molecular weight is 499 g/mol. The third-order valence-corrected chi connectivity index (χ3v) is 6.25. The molecule has 9 nitrogen and oxygen atoms in total. The normalized spacial score (nSPS) is 19.3. The van der Waals surface area contributed by atoms with Crippen LogP contribution >= 0.6 is 0 Å². The smallest absolute Gasteiger partial charge is 0.414 e. The SMILES string of the molecule is CC(=O)NC[C@H]1CN(c2ccc(N3CCC(CNC(=O)COCc4ccccc4)C3)c(F)c2)C(=O)O1. The summed E-state index contributed by atoms with van der Waals surface area (Å²) in [4.78, 5) is 38.7. The first-order valence-electron chi connectivity index (χ1n) is 12.0. The maximum absolute atomic E-state index is 15.0. The summed E-state index contributed by atoms with van der Waals surface area (Å²) >= 11 is 0. The predicted octanol–water partition coefficient (Wildman–Crippen LogP) is 2.45. The molecule has 2 atom stereocenters. The number of benzene rings is 2. The number of carbonyl (C=O) groups is 3. The number of anilines is 2. The Balaban J connectivity index is 1.23. The summed E-state index contributed by atoms with van der Waals surface area (Å²) in [5.41, 5.74) is 1.88. The van der Waals surface area contributed by atoms with Gasteiger partial charge in [0.1, 0.15) is 18.5 Å². The van der Waals surface area contributed by atoms with Gasteiger partial charge in [0.05, 0.1) is 31.1 Å². The molecule has 2 heterocycles. The van der Waals surface area contributed by atoms with Crippen LogP contribution in [0.2, 0.25) is 0 Å². The standard InChI is InChI=1S/C26H31FN4O5/c1-18(32)28-13-22-15-31(26(34)36-22)21-7-8-24(23(27)11-21)30-10-9-20(14-30)12-29-25(33)17-35-16-19-5-3-2-4-6-19/h2-8,11,20,22H,9-10,12-17H2,1H3,(H,28,32)(H,29,33)/t20?,22-/m0/s1. The maximum atomic E-state index is 15.0. The van der Waals surface area contributed by atoms with Crippen LogP contribution in [0.3, 0.4) is 0 Å². The molecule has 0 saturated carbocycles. The van der Waals surface area contributed by atoms with Crippen molar-refractivity contribution in [2.75, 3.05) is 49.1 Å². The van der Waals surface area contributed by atoms with Gasteiger partial charge in [-0.3, -0.25) is 14.5 Å². The van der Waals surface area contributed by atoms with E-state index in [2.05, 4.69) is 10.6 Å². The van der Waals surface area contributed by atoms with Crippen LogP contribution in [0, 0.1) is 11.7 Å². The molecule has 0 radical (unpaired) electrons. The van der Waals surface area contributed by atoms with E-state index < -0.39 is 18.0 Å². The molecule has 2 saturated heterocycles. The highest BCUT2D eigenvalue weighted by atomic mass is 19.1. The highest BCUT2D eigenvalue weighted by Gasteiger charge is 2.33. The number of rotatable bonds is 10. The molecule has 2 aromatic rings.